The molecule has 0 radical (unpaired) electrons. The van der Waals surface area contributed by atoms with E-state index in [0.717, 1.165) is 23.4 Å². The summed E-state index contributed by atoms with van der Waals surface area (Å²) in [4.78, 5) is 43.9. The minimum atomic E-state index is -0.636. The molecule has 2 rings (SSSR count). The maximum absolute atomic E-state index is 12.3. The number of thioether (sulfide) groups is 1. The van der Waals surface area contributed by atoms with Gasteiger partial charge in [0, 0.05) is 11.3 Å². The monoisotopic (exact) mass is 497 g/mol. The van der Waals surface area contributed by atoms with Crippen molar-refractivity contribution in [2.24, 2.45) is 0 Å². The molecule has 2 aromatic rings. The number of aromatic amines is 1. The number of anilines is 3. The Kier molecular flexibility index (Phi) is 10.5. The number of ether oxygens (including phenoxy) is 2. The second-order valence-electron chi connectivity index (χ2n) is 7.13. The highest BCUT2D eigenvalue weighted by Gasteiger charge is 2.22. The summed E-state index contributed by atoms with van der Waals surface area (Å²) in [6.45, 7) is 6.06. The molecule has 0 spiro atoms. The van der Waals surface area contributed by atoms with Crippen LogP contribution in [0.15, 0.2) is 15.8 Å². The summed E-state index contributed by atoms with van der Waals surface area (Å²) in [7, 11) is 0. The van der Waals surface area contributed by atoms with Crippen molar-refractivity contribution >= 4 is 51.8 Å². The molecule has 0 saturated carbocycles. The lowest BCUT2D eigenvalue weighted by Crippen LogP contribution is -2.32. The number of carbonyl (C=O) groups excluding carboxylic acids is 2. The van der Waals surface area contributed by atoms with Crippen LogP contribution in [0.4, 0.5) is 16.8 Å². The van der Waals surface area contributed by atoms with Gasteiger partial charge in [-0.15, -0.1) is 23.1 Å². The summed E-state index contributed by atoms with van der Waals surface area (Å²) in [5, 5.41) is 4.04. The van der Waals surface area contributed by atoms with E-state index < -0.39 is 12.0 Å². The van der Waals surface area contributed by atoms with E-state index in [1.807, 2.05) is 13.0 Å². The number of H-pyrrole nitrogens is 1. The third-order valence-corrected chi connectivity index (χ3v) is 6.97. The molecule has 0 aliphatic rings. The number of nitrogens with two attached hydrogens (primary N) is 2. The molecule has 6 N–H and O–H groups in total. The van der Waals surface area contributed by atoms with Crippen molar-refractivity contribution in [3.8, 4) is 0 Å². The Labute approximate surface area is 200 Å². The van der Waals surface area contributed by atoms with Crippen molar-refractivity contribution in [3.05, 3.63) is 26.9 Å². The van der Waals surface area contributed by atoms with Gasteiger partial charge in [-0.25, -0.2) is 4.79 Å². The molecule has 1 atom stereocenters. The standard InChI is InChI=1S/C21H31N5O5S2/c1-4-30-16(27)9-8-13(20(29)31-5-2)24-15-11-12(3)14(33-15)7-6-10-32-17-18(22)25-21(23)26-19(17)28/h11,13,24H,4-10H2,1-3H3,(H5,22,23,25,26,28)/t13-/m0/s1. The number of hydrogen-bond acceptors (Lipinski definition) is 11. The molecule has 182 valence electrons. The molecule has 12 heteroatoms. The summed E-state index contributed by atoms with van der Waals surface area (Å²) in [6, 6.07) is 1.35. The van der Waals surface area contributed by atoms with Gasteiger partial charge < -0.3 is 26.3 Å². The number of esters is 2. The van der Waals surface area contributed by atoms with Crippen LogP contribution in [-0.4, -0.2) is 46.9 Å². The number of rotatable bonds is 13. The van der Waals surface area contributed by atoms with Crippen molar-refractivity contribution in [3.63, 3.8) is 0 Å². The first-order chi connectivity index (χ1) is 15.7. The van der Waals surface area contributed by atoms with Gasteiger partial charge in [-0.3, -0.25) is 14.6 Å². The first kappa shape index (κ1) is 26.5. The zero-order chi connectivity index (χ0) is 24.4. The number of thiophene rings is 1. The molecule has 0 aliphatic heterocycles. The second-order valence-corrected chi connectivity index (χ2v) is 9.37. The number of nitrogen functional groups attached to an aromatic ring is 2. The Morgan fingerprint density at radius 3 is 2.67 bits per heavy atom. The first-order valence-electron chi connectivity index (χ1n) is 10.7. The maximum Gasteiger partial charge on any atom is 0.328 e. The molecular weight excluding hydrogens is 466 g/mol. The minimum Gasteiger partial charge on any atom is -0.466 e. The summed E-state index contributed by atoms with van der Waals surface area (Å²) in [6.07, 6.45) is 2.03. The first-order valence-corrected chi connectivity index (χ1v) is 12.5. The van der Waals surface area contributed by atoms with Crippen LogP contribution < -0.4 is 22.3 Å². The van der Waals surface area contributed by atoms with Gasteiger partial charge in [-0.1, -0.05) is 0 Å². The highest BCUT2D eigenvalue weighted by atomic mass is 32.2. The van der Waals surface area contributed by atoms with Crippen LogP contribution in [-0.2, 0) is 25.5 Å². The molecule has 0 saturated heterocycles. The molecular formula is C21H31N5O5S2. The van der Waals surface area contributed by atoms with E-state index in [1.54, 1.807) is 25.2 Å². The third-order valence-electron chi connectivity index (χ3n) is 4.57. The van der Waals surface area contributed by atoms with E-state index in [2.05, 4.69) is 15.3 Å². The van der Waals surface area contributed by atoms with Gasteiger partial charge in [0.25, 0.3) is 5.56 Å². The number of hydrogen-bond donors (Lipinski definition) is 4. The SMILES string of the molecule is CCOC(=O)CC[C@H](Nc1cc(C)c(CCCSc2c(N)nc(N)[nH]c2=O)s1)C(=O)OCC. The molecule has 0 aliphatic carbocycles. The van der Waals surface area contributed by atoms with Crippen molar-refractivity contribution in [1.29, 1.82) is 0 Å². The summed E-state index contributed by atoms with van der Waals surface area (Å²) in [5.74, 6) is 0.0761. The summed E-state index contributed by atoms with van der Waals surface area (Å²) in [5.41, 5.74) is 12.0. The zero-order valence-corrected chi connectivity index (χ0v) is 20.7. The number of nitrogens with one attached hydrogen (secondary N) is 2. The Bertz CT molecular complexity index is 1010. The van der Waals surface area contributed by atoms with Crippen LogP contribution in [0.2, 0.25) is 0 Å². The largest absolute Gasteiger partial charge is 0.466 e. The van der Waals surface area contributed by atoms with E-state index in [4.69, 9.17) is 20.9 Å². The Hall–Kier alpha value is -2.73. The van der Waals surface area contributed by atoms with Crippen LogP contribution >= 0.6 is 23.1 Å². The number of aryl methyl sites for hydroxylation is 2. The fraction of sp³-hybridized carbons (Fsp3) is 0.524. The van der Waals surface area contributed by atoms with Gasteiger partial charge >= 0.3 is 11.9 Å². The molecule has 2 heterocycles. The Balaban J connectivity index is 1.94. The number of aromatic nitrogens is 2. The van der Waals surface area contributed by atoms with Gasteiger partial charge in [0.2, 0.25) is 5.95 Å². The van der Waals surface area contributed by atoms with Crippen LogP contribution in [0.25, 0.3) is 0 Å². The average Bonchev–Trinajstić information content (AvgIpc) is 3.09. The molecule has 0 amide bonds. The quantitative estimate of drug-likeness (QED) is 0.184. The van der Waals surface area contributed by atoms with Gasteiger partial charge in [0.1, 0.15) is 16.8 Å². The molecule has 0 aromatic carbocycles. The molecule has 2 aromatic heterocycles. The van der Waals surface area contributed by atoms with E-state index in [-0.39, 0.29) is 42.7 Å². The van der Waals surface area contributed by atoms with Crippen LogP contribution in [0.3, 0.4) is 0 Å². The van der Waals surface area contributed by atoms with E-state index in [9.17, 15) is 14.4 Å². The van der Waals surface area contributed by atoms with Crippen molar-refractivity contribution in [2.75, 3.05) is 35.8 Å². The zero-order valence-electron chi connectivity index (χ0n) is 19.1. The van der Waals surface area contributed by atoms with Gasteiger partial charge in [0.05, 0.1) is 18.2 Å². The van der Waals surface area contributed by atoms with Crippen molar-refractivity contribution < 1.29 is 19.1 Å². The van der Waals surface area contributed by atoms with Crippen LogP contribution in [0.1, 0.15) is 43.6 Å². The van der Waals surface area contributed by atoms with E-state index in [0.29, 0.717) is 17.3 Å². The fourth-order valence-corrected chi connectivity index (χ4v) is 5.08. The van der Waals surface area contributed by atoms with Gasteiger partial charge in [-0.05, 0) is 57.4 Å². The maximum atomic E-state index is 12.3. The predicted octanol–water partition coefficient (Wildman–Crippen LogP) is 2.72. The predicted molar refractivity (Wildman–Crippen MR) is 132 cm³/mol. The molecule has 0 bridgehead atoms. The van der Waals surface area contributed by atoms with Crippen molar-refractivity contribution in [2.45, 2.75) is 57.4 Å². The van der Waals surface area contributed by atoms with Gasteiger partial charge in [-0.2, -0.15) is 4.98 Å². The lowest BCUT2D eigenvalue weighted by Gasteiger charge is -2.16. The topological polar surface area (TPSA) is 162 Å². The third kappa shape index (κ3) is 8.28. The normalized spacial score (nSPS) is 11.7. The lowest BCUT2D eigenvalue weighted by molar-refractivity contribution is -0.145. The van der Waals surface area contributed by atoms with Crippen molar-refractivity contribution in [1.82, 2.24) is 9.97 Å². The number of nitrogens with zero attached hydrogens (tertiary/aromatic N) is 1. The summed E-state index contributed by atoms with van der Waals surface area (Å²) >= 11 is 2.90. The highest BCUT2D eigenvalue weighted by Crippen LogP contribution is 2.30. The highest BCUT2D eigenvalue weighted by molar-refractivity contribution is 7.99. The van der Waals surface area contributed by atoms with Crippen LogP contribution in [0.5, 0.6) is 0 Å². The molecule has 10 nitrogen and oxygen atoms in total. The van der Waals surface area contributed by atoms with E-state index >= 15 is 0 Å². The molecule has 0 unspecified atom stereocenters. The smallest absolute Gasteiger partial charge is 0.328 e. The Morgan fingerprint density at radius 2 is 2.00 bits per heavy atom. The Morgan fingerprint density at radius 1 is 1.27 bits per heavy atom. The fourth-order valence-electron chi connectivity index (χ4n) is 3.04. The molecule has 33 heavy (non-hydrogen) atoms. The van der Waals surface area contributed by atoms with Crippen LogP contribution in [0, 0.1) is 6.92 Å². The average molecular weight is 498 g/mol. The van der Waals surface area contributed by atoms with E-state index in [1.165, 1.54) is 16.6 Å². The minimum absolute atomic E-state index is 0.000493. The number of carbonyl (C=O) groups is 2. The van der Waals surface area contributed by atoms with Gasteiger partial charge in [0.15, 0.2) is 0 Å². The summed E-state index contributed by atoms with van der Waals surface area (Å²) < 4.78 is 10.1. The second kappa shape index (κ2) is 13.1. The lowest BCUT2D eigenvalue weighted by atomic mass is 10.1. The molecule has 0 fully saturated rings.